The molecule has 5 heteroatoms. The van der Waals surface area contributed by atoms with Crippen LogP contribution < -0.4 is 10.0 Å². The Kier molecular flexibility index (Phi) is 5.49. The Hall–Kier alpha value is -2.40. The average molecular weight is 299 g/mol. The molecule has 5 nitrogen and oxygen atoms in total. The maximum absolute atomic E-state index is 12.1. The van der Waals surface area contributed by atoms with Crippen molar-refractivity contribution >= 4 is 5.91 Å². The highest BCUT2D eigenvalue weighted by atomic mass is 16.5. The Labute approximate surface area is 130 Å². The zero-order valence-electron chi connectivity index (χ0n) is 12.9. The molecular formula is C17H21N3O2. The number of rotatable bonds is 6. The van der Waals surface area contributed by atoms with E-state index in [4.69, 9.17) is 0 Å². The number of nitrogens with zero attached hydrogens (tertiary/aromatic N) is 2. The molecule has 0 spiro atoms. The topological polar surface area (TPSA) is 59.3 Å². The van der Waals surface area contributed by atoms with Gasteiger partial charge in [0.1, 0.15) is 0 Å². The maximum atomic E-state index is 12.1. The molecule has 0 fully saturated rings. The number of benzene rings is 1. The quantitative estimate of drug-likeness (QED) is 0.644. The van der Waals surface area contributed by atoms with Crippen molar-refractivity contribution in [3.63, 3.8) is 0 Å². The third-order valence-corrected chi connectivity index (χ3v) is 3.61. The van der Waals surface area contributed by atoms with Gasteiger partial charge < -0.3 is 15.4 Å². The zero-order chi connectivity index (χ0) is 15.9. The van der Waals surface area contributed by atoms with E-state index in [1.807, 2.05) is 32.3 Å². The summed E-state index contributed by atoms with van der Waals surface area (Å²) in [4.78, 5) is 14.2. The molecule has 116 valence electrons. The highest BCUT2D eigenvalue weighted by Crippen LogP contribution is 2.06. The Morgan fingerprint density at radius 1 is 1.18 bits per heavy atom. The molecular weight excluding hydrogens is 278 g/mol. The molecule has 0 bridgehead atoms. The Morgan fingerprint density at radius 3 is 2.41 bits per heavy atom. The van der Waals surface area contributed by atoms with Gasteiger partial charge in [-0.3, -0.25) is 4.79 Å². The first-order valence-electron chi connectivity index (χ1n) is 7.23. The highest BCUT2D eigenvalue weighted by Gasteiger charge is 2.14. The molecule has 0 aliphatic rings. The molecule has 1 atom stereocenters. The van der Waals surface area contributed by atoms with Crippen LogP contribution in [0.2, 0.25) is 0 Å². The third-order valence-electron chi connectivity index (χ3n) is 3.61. The van der Waals surface area contributed by atoms with Crippen molar-refractivity contribution in [3.8, 4) is 0 Å². The summed E-state index contributed by atoms with van der Waals surface area (Å²) < 4.78 is 0.662. The molecule has 22 heavy (non-hydrogen) atoms. The van der Waals surface area contributed by atoms with Gasteiger partial charge in [0.25, 0.3) is 5.91 Å². The standard InChI is InChI=1S/C17H21N3O2/c1-19(2)16(12-14-6-4-3-5-7-14)13-18-17(21)15-8-10-20(22)11-9-15/h3-11,16H,12-13H2,1-2H3,(H,18,21). The van der Waals surface area contributed by atoms with Crippen molar-refractivity contribution in [2.24, 2.45) is 0 Å². The second-order valence-electron chi connectivity index (χ2n) is 5.46. The van der Waals surface area contributed by atoms with Crippen LogP contribution in [0, 0.1) is 5.21 Å². The number of amides is 1. The summed E-state index contributed by atoms with van der Waals surface area (Å²) in [6.07, 6.45) is 3.51. The lowest BCUT2D eigenvalue weighted by Gasteiger charge is -2.24. The minimum Gasteiger partial charge on any atom is -0.619 e. The Morgan fingerprint density at radius 2 is 1.82 bits per heavy atom. The van der Waals surface area contributed by atoms with E-state index >= 15 is 0 Å². The van der Waals surface area contributed by atoms with E-state index in [0.717, 1.165) is 6.42 Å². The lowest BCUT2D eigenvalue weighted by molar-refractivity contribution is -0.605. The summed E-state index contributed by atoms with van der Waals surface area (Å²) in [6.45, 7) is 0.549. The molecule has 2 aromatic rings. The summed E-state index contributed by atoms with van der Waals surface area (Å²) in [5.41, 5.74) is 1.73. The molecule has 1 heterocycles. The molecule has 1 N–H and O–H groups in total. The normalized spacial score (nSPS) is 12.1. The maximum Gasteiger partial charge on any atom is 0.251 e. The summed E-state index contributed by atoms with van der Waals surface area (Å²) in [5, 5.41) is 13.9. The van der Waals surface area contributed by atoms with E-state index in [2.05, 4.69) is 22.3 Å². The van der Waals surface area contributed by atoms with Crippen molar-refractivity contribution in [1.82, 2.24) is 10.2 Å². The van der Waals surface area contributed by atoms with Gasteiger partial charge in [-0.05, 0) is 26.1 Å². The van der Waals surface area contributed by atoms with Crippen molar-refractivity contribution in [3.05, 3.63) is 71.2 Å². The first-order chi connectivity index (χ1) is 10.6. The highest BCUT2D eigenvalue weighted by molar-refractivity contribution is 5.93. The molecule has 0 aliphatic carbocycles. The van der Waals surface area contributed by atoms with Crippen LogP contribution in [0.5, 0.6) is 0 Å². The SMILES string of the molecule is CN(C)C(CNC(=O)c1cc[n+]([O-])cc1)Cc1ccccc1. The second kappa shape index (κ2) is 7.56. The molecule has 0 aliphatic heterocycles. The number of carbonyl (C=O) groups is 1. The fourth-order valence-corrected chi connectivity index (χ4v) is 2.20. The molecule has 1 unspecified atom stereocenters. The first kappa shape index (κ1) is 16.0. The minimum atomic E-state index is -0.166. The summed E-state index contributed by atoms with van der Waals surface area (Å²) in [7, 11) is 4.01. The fraction of sp³-hybridized carbons (Fsp3) is 0.294. The zero-order valence-corrected chi connectivity index (χ0v) is 12.9. The van der Waals surface area contributed by atoms with Crippen LogP contribution in [0.15, 0.2) is 54.9 Å². The van der Waals surface area contributed by atoms with Crippen LogP contribution in [0.3, 0.4) is 0 Å². The average Bonchev–Trinajstić information content (AvgIpc) is 2.52. The van der Waals surface area contributed by atoms with Crippen molar-refractivity contribution in [2.45, 2.75) is 12.5 Å². The van der Waals surface area contributed by atoms with Crippen LogP contribution >= 0.6 is 0 Å². The smallest absolute Gasteiger partial charge is 0.251 e. The van der Waals surface area contributed by atoms with E-state index in [1.165, 1.54) is 30.1 Å². The monoisotopic (exact) mass is 299 g/mol. The van der Waals surface area contributed by atoms with Gasteiger partial charge in [-0.15, -0.1) is 0 Å². The number of hydrogen-bond acceptors (Lipinski definition) is 3. The number of aromatic nitrogens is 1. The van der Waals surface area contributed by atoms with E-state index < -0.39 is 0 Å². The molecule has 1 aromatic carbocycles. The number of hydrogen-bond donors (Lipinski definition) is 1. The largest absolute Gasteiger partial charge is 0.619 e. The third kappa shape index (κ3) is 4.56. The van der Waals surface area contributed by atoms with Crippen LogP contribution in [-0.2, 0) is 6.42 Å². The van der Waals surface area contributed by atoms with E-state index in [-0.39, 0.29) is 11.9 Å². The van der Waals surface area contributed by atoms with Crippen molar-refractivity contribution in [1.29, 1.82) is 0 Å². The predicted octanol–water partition coefficient (Wildman–Crippen LogP) is 1.22. The number of pyridine rings is 1. The minimum absolute atomic E-state index is 0.166. The fourth-order valence-electron chi connectivity index (χ4n) is 2.20. The van der Waals surface area contributed by atoms with Gasteiger partial charge >= 0.3 is 0 Å². The number of nitrogens with one attached hydrogen (secondary N) is 1. The molecule has 1 aromatic heterocycles. The summed E-state index contributed by atoms with van der Waals surface area (Å²) >= 11 is 0. The van der Waals surface area contributed by atoms with Gasteiger partial charge in [0.05, 0.1) is 5.56 Å². The van der Waals surface area contributed by atoms with Crippen LogP contribution in [0.25, 0.3) is 0 Å². The van der Waals surface area contributed by atoms with Gasteiger partial charge in [0.2, 0.25) is 0 Å². The van der Waals surface area contributed by atoms with Crippen LogP contribution in [0.1, 0.15) is 15.9 Å². The van der Waals surface area contributed by atoms with Crippen molar-refractivity contribution < 1.29 is 9.52 Å². The first-order valence-corrected chi connectivity index (χ1v) is 7.23. The van der Waals surface area contributed by atoms with Crippen LogP contribution in [-0.4, -0.2) is 37.5 Å². The Bertz CT molecular complexity index is 597. The van der Waals surface area contributed by atoms with E-state index in [9.17, 15) is 10.0 Å². The van der Waals surface area contributed by atoms with E-state index in [1.54, 1.807) is 0 Å². The molecule has 0 saturated carbocycles. The van der Waals surface area contributed by atoms with Gasteiger partial charge in [-0.1, -0.05) is 30.3 Å². The lowest BCUT2D eigenvalue weighted by Crippen LogP contribution is -2.41. The molecule has 1 amide bonds. The Balaban J connectivity index is 1.94. The van der Waals surface area contributed by atoms with E-state index in [0.29, 0.717) is 16.8 Å². The molecule has 0 saturated heterocycles. The molecule has 0 radical (unpaired) electrons. The summed E-state index contributed by atoms with van der Waals surface area (Å²) in [5.74, 6) is -0.166. The summed E-state index contributed by atoms with van der Waals surface area (Å²) in [6, 6.07) is 13.4. The number of carbonyl (C=O) groups excluding carboxylic acids is 1. The lowest BCUT2D eigenvalue weighted by atomic mass is 10.1. The van der Waals surface area contributed by atoms with Crippen LogP contribution in [0.4, 0.5) is 0 Å². The number of likely N-dealkylation sites (N-methyl/N-ethyl adjacent to an activating group) is 1. The molecule has 2 rings (SSSR count). The van der Waals surface area contributed by atoms with Gasteiger partial charge in [0, 0.05) is 24.7 Å². The van der Waals surface area contributed by atoms with Gasteiger partial charge in [-0.2, -0.15) is 4.73 Å². The predicted molar refractivity (Wildman–Crippen MR) is 85.4 cm³/mol. The van der Waals surface area contributed by atoms with Gasteiger partial charge in [-0.25, -0.2) is 0 Å². The second-order valence-corrected chi connectivity index (χ2v) is 5.46. The van der Waals surface area contributed by atoms with Gasteiger partial charge in [0.15, 0.2) is 12.4 Å². The van der Waals surface area contributed by atoms with Crippen molar-refractivity contribution in [2.75, 3.05) is 20.6 Å².